The highest BCUT2D eigenvalue weighted by Gasteiger charge is 2.36. The van der Waals surface area contributed by atoms with E-state index in [1.807, 2.05) is 27.7 Å². The summed E-state index contributed by atoms with van der Waals surface area (Å²) in [5.74, 6) is 0.915. The number of rotatable bonds is 0. The topological polar surface area (TPSA) is 77.7 Å². The maximum atomic E-state index is 12.2. The molecule has 0 bridgehead atoms. The smallest absolute Gasteiger partial charge is 0.410 e. The summed E-state index contributed by atoms with van der Waals surface area (Å²) in [6.45, 7) is 10.6. The molecule has 0 unspecified atom stereocenters. The molecule has 0 aromatic heterocycles. The molecular weight excluding hydrogens is 308 g/mol. The largest absolute Gasteiger partial charge is 0.444 e. The number of ether oxygens (including phenoxy) is 1. The summed E-state index contributed by atoms with van der Waals surface area (Å²) in [6.07, 6.45) is -0.138. The van der Waals surface area contributed by atoms with Crippen molar-refractivity contribution in [2.75, 3.05) is 32.8 Å². The van der Waals surface area contributed by atoms with E-state index in [9.17, 15) is 9.90 Å². The van der Waals surface area contributed by atoms with Crippen molar-refractivity contribution in [1.29, 1.82) is 0 Å². The lowest BCUT2D eigenvalue weighted by atomic mass is 10.1. The first kappa shape index (κ1) is 17.0. The fourth-order valence-corrected chi connectivity index (χ4v) is 3.31. The lowest BCUT2D eigenvalue weighted by molar-refractivity contribution is 0.0187. The van der Waals surface area contributed by atoms with Crippen molar-refractivity contribution in [3.05, 3.63) is 11.1 Å². The van der Waals surface area contributed by atoms with Gasteiger partial charge in [0.05, 0.1) is 5.71 Å². The lowest BCUT2D eigenvalue weighted by Crippen LogP contribution is -2.52. The Kier molecular flexibility index (Phi) is 4.38. The number of carbonyl (C=O) groups is 1. The number of fused-ring (bicyclic) bond motifs is 1. The Balaban J connectivity index is 1.64. The second kappa shape index (κ2) is 6.20. The molecule has 24 heavy (non-hydrogen) atoms. The average Bonchev–Trinajstić information content (AvgIpc) is 2.81. The summed E-state index contributed by atoms with van der Waals surface area (Å²) in [5.41, 5.74) is 2.43. The van der Waals surface area contributed by atoms with Crippen molar-refractivity contribution in [1.82, 2.24) is 9.80 Å². The molecule has 1 fully saturated rings. The Labute approximate surface area is 142 Å². The number of hydrogen-bond donors (Lipinski definition) is 1. The van der Waals surface area contributed by atoms with Gasteiger partial charge < -0.3 is 19.6 Å². The van der Waals surface area contributed by atoms with E-state index < -0.39 is 11.7 Å². The highest BCUT2D eigenvalue weighted by molar-refractivity contribution is 6.27. The van der Waals surface area contributed by atoms with Crippen LogP contribution in [0.4, 0.5) is 4.79 Å². The Hall–Kier alpha value is -1.89. The molecule has 3 rings (SSSR count). The van der Waals surface area contributed by atoms with Crippen molar-refractivity contribution in [2.45, 2.75) is 45.8 Å². The van der Waals surface area contributed by atoms with Gasteiger partial charge in [0.2, 0.25) is 0 Å². The van der Waals surface area contributed by atoms with Gasteiger partial charge in [-0.1, -0.05) is 5.57 Å². The average molecular weight is 334 g/mol. The summed E-state index contributed by atoms with van der Waals surface area (Å²) in [6, 6.07) is 0. The number of nitrogens with zero attached hydrogens (tertiary/aromatic N) is 4. The van der Waals surface area contributed by atoms with Crippen LogP contribution in [0.5, 0.6) is 0 Å². The Morgan fingerprint density at radius 1 is 1.21 bits per heavy atom. The molecule has 1 saturated heterocycles. The van der Waals surface area contributed by atoms with Gasteiger partial charge in [0, 0.05) is 38.2 Å². The second-order valence-electron chi connectivity index (χ2n) is 7.50. The standard InChI is InChI=1S/C17H26N4O3/c1-11-9-12(22)14-13(11)15(19-10-18-14)20-5-7-21(8-6-20)16(23)24-17(2,3)4/h12,22H,5-10H2,1-4H3/t12-/m1/s1. The molecule has 7 nitrogen and oxygen atoms in total. The number of aliphatic hydroxyl groups excluding tert-OH is 1. The first-order valence-electron chi connectivity index (χ1n) is 8.46. The third kappa shape index (κ3) is 3.31. The third-order valence-corrected chi connectivity index (χ3v) is 4.41. The number of hydrogen-bond acceptors (Lipinski definition) is 6. The number of aliphatic imine (C=N–C) groups is 2. The van der Waals surface area contributed by atoms with Crippen LogP contribution < -0.4 is 0 Å². The number of piperazine rings is 1. The van der Waals surface area contributed by atoms with Crippen LogP contribution in [0, 0.1) is 0 Å². The van der Waals surface area contributed by atoms with Gasteiger partial charge in [0.15, 0.2) is 0 Å². The van der Waals surface area contributed by atoms with Crippen LogP contribution in [-0.4, -0.2) is 77.1 Å². The van der Waals surface area contributed by atoms with E-state index in [0.717, 1.165) is 22.7 Å². The van der Waals surface area contributed by atoms with Crippen molar-refractivity contribution in [3.63, 3.8) is 0 Å². The molecule has 2 aliphatic heterocycles. The molecule has 1 N–H and O–H groups in total. The van der Waals surface area contributed by atoms with Crippen LogP contribution in [0.15, 0.2) is 21.1 Å². The van der Waals surface area contributed by atoms with E-state index in [2.05, 4.69) is 14.9 Å². The lowest BCUT2D eigenvalue weighted by Gasteiger charge is -2.38. The van der Waals surface area contributed by atoms with Crippen LogP contribution in [0.1, 0.15) is 34.1 Å². The molecule has 1 atom stereocenters. The van der Waals surface area contributed by atoms with Gasteiger partial charge in [-0.3, -0.25) is 4.99 Å². The minimum Gasteiger partial charge on any atom is -0.444 e. The molecule has 3 aliphatic rings. The zero-order chi connectivity index (χ0) is 17.5. The monoisotopic (exact) mass is 334 g/mol. The maximum absolute atomic E-state index is 12.2. The molecule has 0 spiro atoms. The minimum atomic E-state index is -0.506. The predicted octanol–water partition coefficient (Wildman–Crippen LogP) is 1.43. The fourth-order valence-electron chi connectivity index (χ4n) is 3.31. The molecule has 0 aromatic rings. The van der Waals surface area contributed by atoms with E-state index in [-0.39, 0.29) is 6.09 Å². The van der Waals surface area contributed by atoms with Crippen molar-refractivity contribution in [2.24, 2.45) is 9.98 Å². The van der Waals surface area contributed by atoms with E-state index >= 15 is 0 Å². The van der Waals surface area contributed by atoms with E-state index in [0.29, 0.717) is 39.3 Å². The summed E-state index contributed by atoms with van der Waals surface area (Å²) in [5, 5.41) is 10.1. The van der Waals surface area contributed by atoms with Gasteiger partial charge >= 0.3 is 6.09 Å². The van der Waals surface area contributed by atoms with E-state index in [4.69, 9.17) is 4.74 Å². The van der Waals surface area contributed by atoms with Gasteiger partial charge in [-0.15, -0.1) is 0 Å². The normalized spacial score (nSPS) is 24.6. The summed E-state index contributed by atoms with van der Waals surface area (Å²) in [4.78, 5) is 25.0. The maximum Gasteiger partial charge on any atom is 0.410 e. The van der Waals surface area contributed by atoms with Gasteiger partial charge in [0.1, 0.15) is 24.2 Å². The van der Waals surface area contributed by atoms with Crippen molar-refractivity contribution >= 4 is 17.6 Å². The van der Waals surface area contributed by atoms with Crippen molar-refractivity contribution in [3.8, 4) is 0 Å². The molecule has 1 aliphatic carbocycles. The van der Waals surface area contributed by atoms with Gasteiger partial charge in [-0.2, -0.15) is 0 Å². The highest BCUT2D eigenvalue weighted by atomic mass is 16.6. The summed E-state index contributed by atoms with van der Waals surface area (Å²) in [7, 11) is 0. The van der Waals surface area contributed by atoms with Crippen LogP contribution in [-0.2, 0) is 4.74 Å². The zero-order valence-corrected chi connectivity index (χ0v) is 14.9. The quantitative estimate of drug-likeness (QED) is 0.727. The molecule has 2 heterocycles. The molecule has 132 valence electrons. The molecule has 0 radical (unpaired) electrons. The zero-order valence-electron chi connectivity index (χ0n) is 14.9. The van der Waals surface area contributed by atoms with Crippen LogP contribution >= 0.6 is 0 Å². The van der Waals surface area contributed by atoms with Crippen LogP contribution in [0.3, 0.4) is 0 Å². The van der Waals surface area contributed by atoms with Gasteiger partial charge in [0.25, 0.3) is 0 Å². The van der Waals surface area contributed by atoms with Crippen LogP contribution in [0.2, 0.25) is 0 Å². The molecule has 1 amide bonds. The fraction of sp³-hybridized carbons (Fsp3) is 0.706. The number of carbonyl (C=O) groups excluding carboxylic acids is 1. The Bertz CT molecular complexity index is 622. The molecule has 7 heteroatoms. The molecule has 0 aromatic carbocycles. The van der Waals surface area contributed by atoms with Crippen molar-refractivity contribution < 1.29 is 14.6 Å². The highest BCUT2D eigenvalue weighted by Crippen LogP contribution is 2.29. The Morgan fingerprint density at radius 3 is 2.50 bits per heavy atom. The SMILES string of the molecule is CC1=C2C(=NCN=C2N2CCN(C(=O)OC(C)(C)C)CC2)[C@H](O)C1. The predicted molar refractivity (Wildman–Crippen MR) is 92.4 cm³/mol. The first-order chi connectivity index (χ1) is 11.3. The molecule has 0 saturated carbocycles. The number of amidine groups is 1. The number of aliphatic hydroxyl groups is 1. The summed E-state index contributed by atoms with van der Waals surface area (Å²) < 4.78 is 5.44. The number of amides is 1. The third-order valence-electron chi connectivity index (χ3n) is 4.41. The van der Waals surface area contributed by atoms with E-state index in [1.54, 1.807) is 4.90 Å². The van der Waals surface area contributed by atoms with Gasteiger partial charge in [-0.25, -0.2) is 9.79 Å². The Morgan fingerprint density at radius 2 is 1.88 bits per heavy atom. The van der Waals surface area contributed by atoms with Gasteiger partial charge in [-0.05, 0) is 27.7 Å². The minimum absolute atomic E-state index is 0.262. The van der Waals surface area contributed by atoms with E-state index in [1.165, 1.54) is 0 Å². The molecular formula is C17H26N4O3. The second-order valence-corrected chi connectivity index (χ2v) is 7.50. The first-order valence-corrected chi connectivity index (χ1v) is 8.46. The van der Waals surface area contributed by atoms with Crippen LogP contribution in [0.25, 0.3) is 0 Å². The summed E-state index contributed by atoms with van der Waals surface area (Å²) >= 11 is 0.